The van der Waals surface area contributed by atoms with Crippen LogP contribution in [0.5, 0.6) is 0 Å². The van der Waals surface area contributed by atoms with Gasteiger partial charge in [-0.3, -0.25) is 9.89 Å². The molecule has 5 heteroatoms. The molecule has 19 heavy (non-hydrogen) atoms. The molecule has 0 saturated heterocycles. The largest absolute Gasteiger partial charge is 0.330 e. The summed E-state index contributed by atoms with van der Waals surface area (Å²) in [6.45, 7) is 2.63. The summed E-state index contributed by atoms with van der Waals surface area (Å²) in [5, 5.41) is 9.64. The van der Waals surface area contributed by atoms with E-state index >= 15 is 0 Å². The number of hydrogen-bond acceptors (Lipinski definition) is 3. The standard InChI is InChI=1S/C14H18N4O/c1-2-12-9-13(18-17-12)16-14(19)11-5-3-10(4-6-11)7-8-15/h3-6,9H,2,7-8,15H2,1H3,(H2,16,17,18,19). The molecule has 0 aliphatic carbocycles. The lowest BCUT2D eigenvalue weighted by atomic mass is 10.1. The zero-order chi connectivity index (χ0) is 13.7. The van der Waals surface area contributed by atoms with Gasteiger partial charge in [0.2, 0.25) is 0 Å². The van der Waals surface area contributed by atoms with Gasteiger partial charge in [0, 0.05) is 17.3 Å². The van der Waals surface area contributed by atoms with E-state index in [0.717, 1.165) is 24.1 Å². The van der Waals surface area contributed by atoms with Crippen LogP contribution in [0.15, 0.2) is 30.3 Å². The number of H-pyrrole nitrogens is 1. The number of rotatable bonds is 5. The van der Waals surface area contributed by atoms with Gasteiger partial charge in [-0.25, -0.2) is 0 Å². The van der Waals surface area contributed by atoms with Gasteiger partial charge in [-0.2, -0.15) is 5.10 Å². The van der Waals surface area contributed by atoms with Gasteiger partial charge in [-0.1, -0.05) is 19.1 Å². The fourth-order valence-corrected chi connectivity index (χ4v) is 1.78. The minimum Gasteiger partial charge on any atom is -0.330 e. The Balaban J connectivity index is 2.02. The highest BCUT2D eigenvalue weighted by atomic mass is 16.1. The van der Waals surface area contributed by atoms with Gasteiger partial charge in [-0.05, 0) is 37.1 Å². The van der Waals surface area contributed by atoms with Crippen molar-refractivity contribution in [1.29, 1.82) is 0 Å². The highest BCUT2D eigenvalue weighted by Crippen LogP contribution is 2.10. The number of carbonyl (C=O) groups excluding carboxylic acids is 1. The smallest absolute Gasteiger partial charge is 0.256 e. The molecular formula is C14H18N4O. The van der Waals surface area contributed by atoms with Crippen LogP contribution in [0.1, 0.15) is 28.5 Å². The number of hydrogen-bond donors (Lipinski definition) is 3. The van der Waals surface area contributed by atoms with Gasteiger partial charge in [0.25, 0.3) is 5.91 Å². The summed E-state index contributed by atoms with van der Waals surface area (Å²) in [6, 6.07) is 9.27. The summed E-state index contributed by atoms with van der Waals surface area (Å²) in [5.41, 5.74) is 8.22. The number of aromatic nitrogens is 2. The second-order valence-electron chi connectivity index (χ2n) is 4.32. The van der Waals surface area contributed by atoms with Crippen molar-refractivity contribution in [3.63, 3.8) is 0 Å². The number of aromatic amines is 1. The van der Waals surface area contributed by atoms with E-state index in [1.807, 2.05) is 25.1 Å². The zero-order valence-electron chi connectivity index (χ0n) is 10.9. The first-order valence-corrected chi connectivity index (χ1v) is 6.37. The number of benzene rings is 1. The Morgan fingerprint density at radius 1 is 1.37 bits per heavy atom. The summed E-state index contributed by atoms with van der Waals surface area (Å²) < 4.78 is 0. The monoisotopic (exact) mass is 258 g/mol. The van der Waals surface area contributed by atoms with E-state index < -0.39 is 0 Å². The van der Waals surface area contributed by atoms with Crippen LogP contribution in [0.25, 0.3) is 0 Å². The van der Waals surface area contributed by atoms with E-state index in [0.29, 0.717) is 17.9 Å². The second-order valence-corrected chi connectivity index (χ2v) is 4.32. The maximum Gasteiger partial charge on any atom is 0.256 e. The Labute approximate surface area is 112 Å². The van der Waals surface area contributed by atoms with Crippen molar-refractivity contribution in [3.8, 4) is 0 Å². The topological polar surface area (TPSA) is 83.8 Å². The zero-order valence-corrected chi connectivity index (χ0v) is 10.9. The van der Waals surface area contributed by atoms with Crippen LogP contribution in [-0.2, 0) is 12.8 Å². The van der Waals surface area contributed by atoms with Gasteiger partial charge < -0.3 is 11.1 Å². The number of aryl methyl sites for hydroxylation is 1. The van der Waals surface area contributed by atoms with Crippen LogP contribution >= 0.6 is 0 Å². The summed E-state index contributed by atoms with van der Waals surface area (Å²) in [6.07, 6.45) is 1.68. The Kier molecular flexibility index (Phi) is 4.30. The third-order valence-electron chi connectivity index (χ3n) is 2.90. The SMILES string of the molecule is CCc1cc(NC(=O)c2ccc(CCN)cc2)n[nH]1. The van der Waals surface area contributed by atoms with Crippen molar-refractivity contribution < 1.29 is 4.79 Å². The van der Waals surface area contributed by atoms with Crippen LogP contribution in [-0.4, -0.2) is 22.6 Å². The molecule has 2 aromatic rings. The maximum absolute atomic E-state index is 12.0. The normalized spacial score (nSPS) is 10.4. The third-order valence-corrected chi connectivity index (χ3v) is 2.90. The molecule has 0 aliphatic rings. The molecule has 1 amide bonds. The van der Waals surface area contributed by atoms with E-state index in [4.69, 9.17) is 5.73 Å². The van der Waals surface area contributed by atoms with Crippen molar-refractivity contribution in [2.45, 2.75) is 19.8 Å². The molecule has 1 heterocycles. The molecule has 0 unspecified atom stereocenters. The minimum atomic E-state index is -0.159. The molecule has 0 aliphatic heterocycles. The molecule has 0 atom stereocenters. The Morgan fingerprint density at radius 3 is 2.68 bits per heavy atom. The quantitative estimate of drug-likeness (QED) is 0.763. The molecule has 0 saturated carbocycles. The predicted molar refractivity (Wildman–Crippen MR) is 75.1 cm³/mol. The average molecular weight is 258 g/mol. The van der Waals surface area contributed by atoms with Crippen LogP contribution in [0.2, 0.25) is 0 Å². The van der Waals surface area contributed by atoms with Gasteiger partial charge in [0.05, 0.1) is 0 Å². The van der Waals surface area contributed by atoms with Gasteiger partial charge in [0.15, 0.2) is 5.82 Å². The van der Waals surface area contributed by atoms with E-state index in [-0.39, 0.29) is 5.91 Å². The van der Waals surface area contributed by atoms with Gasteiger partial charge in [0.1, 0.15) is 0 Å². The molecule has 0 bridgehead atoms. The molecule has 2 rings (SSSR count). The molecule has 5 nitrogen and oxygen atoms in total. The molecule has 1 aromatic carbocycles. The summed E-state index contributed by atoms with van der Waals surface area (Å²) >= 11 is 0. The lowest BCUT2D eigenvalue weighted by molar-refractivity contribution is 0.102. The molecule has 1 aromatic heterocycles. The number of nitrogens with two attached hydrogens (primary N) is 1. The van der Waals surface area contributed by atoms with Crippen molar-refractivity contribution >= 4 is 11.7 Å². The number of nitrogens with zero attached hydrogens (tertiary/aromatic N) is 1. The molecule has 0 fully saturated rings. The first-order valence-electron chi connectivity index (χ1n) is 6.37. The van der Waals surface area contributed by atoms with Crippen molar-refractivity contribution in [1.82, 2.24) is 10.2 Å². The van der Waals surface area contributed by atoms with Crippen LogP contribution in [0, 0.1) is 0 Å². The third kappa shape index (κ3) is 3.42. The lowest BCUT2D eigenvalue weighted by Gasteiger charge is -2.03. The van der Waals surface area contributed by atoms with Crippen molar-refractivity contribution in [2.24, 2.45) is 5.73 Å². The van der Waals surface area contributed by atoms with Crippen LogP contribution < -0.4 is 11.1 Å². The fraction of sp³-hybridized carbons (Fsp3) is 0.286. The van der Waals surface area contributed by atoms with Crippen molar-refractivity contribution in [2.75, 3.05) is 11.9 Å². The van der Waals surface area contributed by atoms with E-state index in [9.17, 15) is 4.79 Å². The Hall–Kier alpha value is -2.14. The average Bonchev–Trinajstić information content (AvgIpc) is 2.87. The van der Waals surface area contributed by atoms with E-state index in [1.165, 1.54) is 0 Å². The summed E-state index contributed by atoms with van der Waals surface area (Å²) in [5.74, 6) is 0.390. The lowest BCUT2D eigenvalue weighted by Crippen LogP contribution is -2.12. The fourth-order valence-electron chi connectivity index (χ4n) is 1.78. The minimum absolute atomic E-state index is 0.159. The highest BCUT2D eigenvalue weighted by Gasteiger charge is 2.08. The Morgan fingerprint density at radius 2 is 2.11 bits per heavy atom. The molecular weight excluding hydrogens is 240 g/mol. The van der Waals surface area contributed by atoms with Gasteiger partial charge >= 0.3 is 0 Å². The van der Waals surface area contributed by atoms with Crippen molar-refractivity contribution in [3.05, 3.63) is 47.2 Å². The second kappa shape index (κ2) is 6.15. The molecule has 100 valence electrons. The van der Waals surface area contributed by atoms with Gasteiger partial charge in [-0.15, -0.1) is 0 Å². The molecule has 0 radical (unpaired) electrons. The summed E-state index contributed by atoms with van der Waals surface area (Å²) in [7, 11) is 0. The first-order chi connectivity index (χ1) is 9.22. The van der Waals surface area contributed by atoms with E-state index in [1.54, 1.807) is 12.1 Å². The highest BCUT2D eigenvalue weighted by molar-refractivity contribution is 6.03. The molecule has 0 spiro atoms. The maximum atomic E-state index is 12.0. The Bertz CT molecular complexity index is 545. The van der Waals surface area contributed by atoms with Crippen LogP contribution in [0.4, 0.5) is 5.82 Å². The number of amides is 1. The summed E-state index contributed by atoms with van der Waals surface area (Å²) in [4.78, 5) is 12.0. The van der Waals surface area contributed by atoms with Crippen LogP contribution in [0.3, 0.4) is 0 Å². The number of carbonyl (C=O) groups is 1. The number of anilines is 1. The van der Waals surface area contributed by atoms with E-state index in [2.05, 4.69) is 15.5 Å². The number of nitrogens with one attached hydrogen (secondary N) is 2. The predicted octanol–water partition coefficient (Wildman–Crippen LogP) is 1.73. The molecule has 4 N–H and O–H groups in total. The first kappa shape index (κ1) is 13.3.